The summed E-state index contributed by atoms with van der Waals surface area (Å²) in [5.41, 5.74) is 0. The van der Waals surface area contributed by atoms with Crippen molar-refractivity contribution < 1.29 is 19.1 Å². The van der Waals surface area contributed by atoms with E-state index in [1.807, 2.05) is 37.3 Å². The quantitative estimate of drug-likeness (QED) is 0.591. The number of urea groups is 1. The molecule has 1 aromatic rings. The van der Waals surface area contributed by atoms with Crippen LogP contribution in [0.5, 0.6) is 0 Å². The van der Waals surface area contributed by atoms with E-state index in [0.29, 0.717) is 6.54 Å². The van der Waals surface area contributed by atoms with Crippen LogP contribution in [-0.4, -0.2) is 36.3 Å². The lowest BCUT2D eigenvalue weighted by atomic mass is 10.4. The maximum Gasteiger partial charge on any atom is 0.321 e. The Labute approximate surface area is 134 Å². The first kappa shape index (κ1) is 18.0. The van der Waals surface area contributed by atoms with Gasteiger partial charge >= 0.3 is 12.0 Å². The second-order valence-corrected chi connectivity index (χ2v) is 5.90. The third-order valence-corrected chi connectivity index (χ3v) is 3.61. The normalized spacial score (nSPS) is 11.4. The van der Waals surface area contributed by atoms with E-state index in [4.69, 9.17) is 4.74 Å². The molecule has 120 valence electrons. The number of carbonyl (C=O) groups is 3. The maximum absolute atomic E-state index is 11.8. The monoisotopic (exact) mass is 324 g/mol. The molecule has 0 aliphatic heterocycles. The molecule has 3 amide bonds. The second kappa shape index (κ2) is 9.83. The van der Waals surface area contributed by atoms with Crippen LogP contribution < -0.4 is 10.6 Å². The lowest BCUT2D eigenvalue weighted by molar-refractivity contribution is -0.147. The number of ether oxygens (including phenoxy) is 1. The van der Waals surface area contributed by atoms with Crippen molar-refractivity contribution in [3.05, 3.63) is 30.3 Å². The molecule has 0 heterocycles. The molecule has 0 saturated heterocycles. The Kier molecular flexibility index (Phi) is 8.06. The minimum Gasteiger partial charge on any atom is -0.455 e. The van der Waals surface area contributed by atoms with Crippen molar-refractivity contribution in [2.45, 2.75) is 30.4 Å². The Bertz CT molecular complexity index is 508. The highest BCUT2D eigenvalue weighted by Crippen LogP contribution is 2.23. The van der Waals surface area contributed by atoms with E-state index in [2.05, 4.69) is 10.6 Å². The van der Waals surface area contributed by atoms with E-state index in [0.717, 1.165) is 11.3 Å². The molecule has 0 aliphatic rings. The third kappa shape index (κ3) is 7.12. The van der Waals surface area contributed by atoms with Gasteiger partial charge in [0.15, 0.2) is 6.61 Å². The van der Waals surface area contributed by atoms with Gasteiger partial charge in [-0.25, -0.2) is 4.79 Å². The fourth-order valence-electron chi connectivity index (χ4n) is 1.45. The van der Waals surface area contributed by atoms with Gasteiger partial charge in [0, 0.05) is 11.4 Å². The average molecular weight is 324 g/mol. The van der Waals surface area contributed by atoms with E-state index in [-0.39, 0.29) is 0 Å². The van der Waals surface area contributed by atoms with Crippen molar-refractivity contribution in [1.82, 2.24) is 10.6 Å². The fourth-order valence-corrected chi connectivity index (χ4v) is 2.34. The summed E-state index contributed by atoms with van der Waals surface area (Å²) in [5, 5.41) is 4.14. The molecule has 22 heavy (non-hydrogen) atoms. The highest BCUT2D eigenvalue weighted by atomic mass is 32.2. The van der Waals surface area contributed by atoms with Gasteiger partial charge < -0.3 is 10.1 Å². The maximum atomic E-state index is 11.8. The SMILES string of the molecule is CCCNC(=O)NC(=O)COC(=O)[C@@H](C)Sc1ccccc1. The summed E-state index contributed by atoms with van der Waals surface area (Å²) in [6, 6.07) is 8.83. The zero-order valence-corrected chi connectivity index (χ0v) is 13.4. The number of thioether (sulfide) groups is 1. The van der Waals surface area contributed by atoms with E-state index in [1.165, 1.54) is 11.8 Å². The van der Waals surface area contributed by atoms with E-state index in [9.17, 15) is 14.4 Å². The summed E-state index contributed by atoms with van der Waals surface area (Å²) >= 11 is 1.34. The number of hydrogen-bond acceptors (Lipinski definition) is 5. The standard InChI is InChI=1S/C15H20N2O4S/c1-3-9-16-15(20)17-13(18)10-21-14(19)11(2)22-12-7-5-4-6-8-12/h4-8,11H,3,9-10H2,1-2H3,(H2,16,17,18,20)/t11-/m1/s1. The van der Waals surface area contributed by atoms with E-state index >= 15 is 0 Å². The van der Waals surface area contributed by atoms with E-state index in [1.54, 1.807) is 6.92 Å². The second-order valence-electron chi connectivity index (χ2n) is 4.48. The molecule has 1 aromatic carbocycles. The van der Waals surface area contributed by atoms with Gasteiger partial charge in [0.1, 0.15) is 5.25 Å². The van der Waals surface area contributed by atoms with Crippen LogP contribution in [0.2, 0.25) is 0 Å². The number of hydrogen-bond donors (Lipinski definition) is 2. The molecule has 2 N–H and O–H groups in total. The van der Waals surface area contributed by atoms with Crippen molar-refractivity contribution in [2.24, 2.45) is 0 Å². The molecule has 0 fully saturated rings. The lowest BCUT2D eigenvalue weighted by Gasteiger charge is -2.11. The molecule has 6 nitrogen and oxygen atoms in total. The van der Waals surface area contributed by atoms with Crippen LogP contribution in [0.25, 0.3) is 0 Å². The van der Waals surface area contributed by atoms with Crippen molar-refractivity contribution in [1.29, 1.82) is 0 Å². The summed E-state index contributed by atoms with van der Waals surface area (Å²) in [4.78, 5) is 35.4. The number of amides is 3. The van der Waals surface area contributed by atoms with Gasteiger partial charge in [-0.1, -0.05) is 25.1 Å². The predicted molar refractivity (Wildman–Crippen MR) is 84.6 cm³/mol. The summed E-state index contributed by atoms with van der Waals surface area (Å²) in [5.74, 6) is -1.16. The number of esters is 1. The van der Waals surface area contributed by atoms with Crippen LogP contribution in [0.4, 0.5) is 4.79 Å². The van der Waals surface area contributed by atoms with Crippen molar-refractivity contribution in [3.63, 3.8) is 0 Å². The van der Waals surface area contributed by atoms with Crippen LogP contribution in [0, 0.1) is 0 Å². The molecule has 1 atom stereocenters. The summed E-state index contributed by atoms with van der Waals surface area (Å²) in [6.07, 6.45) is 0.769. The van der Waals surface area contributed by atoms with Crippen LogP contribution >= 0.6 is 11.8 Å². The summed E-state index contributed by atoms with van der Waals surface area (Å²) in [6.45, 7) is 3.60. The lowest BCUT2D eigenvalue weighted by Crippen LogP contribution is -2.41. The van der Waals surface area contributed by atoms with Gasteiger partial charge in [0.25, 0.3) is 5.91 Å². The number of nitrogens with one attached hydrogen (secondary N) is 2. The van der Waals surface area contributed by atoms with Crippen molar-refractivity contribution in [2.75, 3.05) is 13.2 Å². The molecule has 0 bridgehead atoms. The Morgan fingerprint density at radius 2 is 1.91 bits per heavy atom. The number of carbonyl (C=O) groups excluding carboxylic acids is 3. The molecule has 0 aliphatic carbocycles. The van der Waals surface area contributed by atoms with Gasteiger partial charge in [-0.05, 0) is 25.5 Å². The molecule has 0 saturated carbocycles. The zero-order chi connectivity index (χ0) is 16.4. The topological polar surface area (TPSA) is 84.5 Å². The number of benzene rings is 1. The van der Waals surface area contributed by atoms with Crippen LogP contribution in [-0.2, 0) is 14.3 Å². The number of imide groups is 1. The van der Waals surface area contributed by atoms with Gasteiger partial charge in [0.05, 0.1) is 0 Å². The van der Waals surface area contributed by atoms with E-state index < -0.39 is 29.8 Å². The Hall–Kier alpha value is -2.02. The molecule has 0 unspecified atom stereocenters. The molecular weight excluding hydrogens is 304 g/mol. The first-order valence-electron chi connectivity index (χ1n) is 6.99. The summed E-state index contributed by atoms with van der Waals surface area (Å²) < 4.78 is 4.89. The minimum absolute atomic E-state index is 0.441. The minimum atomic E-state index is -0.654. The number of rotatable bonds is 7. The molecule has 1 rings (SSSR count). The van der Waals surface area contributed by atoms with Crippen LogP contribution in [0.15, 0.2) is 35.2 Å². The molecule has 0 spiro atoms. The van der Waals surface area contributed by atoms with Crippen LogP contribution in [0.1, 0.15) is 20.3 Å². The predicted octanol–water partition coefficient (Wildman–Crippen LogP) is 1.95. The van der Waals surface area contributed by atoms with Gasteiger partial charge in [-0.3, -0.25) is 14.9 Å². The Balaban J connectivity index is 2.29. The highest BCUT2D eigenvalue weighted by Gasteiger charge is 2.17. The van der Waals surface area contributed by atoms with Gasteiger partial charge in [-0.2, -0.15) is 0 Å². The summed E-state index contributed by atoms with van der Waals surface area (Å²) in [7, 11) is 0. The fraction of sp³-hybridized carbons (Fsp3) is 0.400. The molecular formula is C15H20N2O4S. The first-order chi connectivity index (χ1) is 10.5. The van der Waals surface area contributed by atoms with Crippen LogP contribution in [0.3, 0.4) is 0 Å². The van der Waals surface area contributed by atoms with Gasteiger partial charge in [-0.15, -0.1) is 11.8 Å². The van der Waals surface area contributed by atoms with Crippen molar-refractivity contribution >= 4 is 29.7 Å². The average Bonchev–Trinajstić information content (AvgIpc) is 2.51. The highest BCUT2D eigenvalue weighted by molar-refractivity contribution is 8.00. The first-order valence-corrected chi connectivity index (χ1v) is 7.87. The van der Waals surface area contributed by atoms with Crippen molar-refractivity contribution in [3.8, 4) is 0 Å². The largest absolute Gasteiger partial charge is 0.455 e. The third-order valence-electron chi connectivity index (χ3n) is 2.52. The van der Waals surface area contributed by atoms with Gasteiger partial charge in [0.2, 0.25) is 0 Å². The molecule has 7 heteroatoms. The molecule has 0 aromatic heterocycles. The smallest absolute Gasteiger partial charge is 0.321 e. The Morgan fingerprint density at radius 3 is 2.55 bits per heavy atom. The Morgan fingerprint density at radius 1 is 1.23 bits per heavy atom. The molecule has 0 radical (unpaired) electrons. The zero-order valence-electron chi connectivity index (χ0n) is 12.6.